The molecule has 0 saturated carbocycles. The van der Waals surface area contributed by atoms with Crippen molar-refractivity contribution >= 4 is 11.6 Å². The number of hydrogen-bond acceptors (Lipinski definition) is 2. The summed E-state index contributed by atoms with van der Waals surface area (Å²) in [6, 6.07) is 5.87. The molecule has 0 saturated heterocycles. The Morgan fingerprint density at radius 3 is 3.06 bits per heavy atom. The van der Waals surface area contributed by atoms with E-state index in [1.54, 1.807) is 0 Å². The second-order valence-corrected chi connectivity index (χ2v) is 5.87. The Kier molecular flexibility index (Phi) is 4.90. The molecule has 3 heteroatoms. The van der Waals surface area contributed by atoms with Crippen molar-refractivity contribution in [2.75, 3.05) is 13.1 Å². The maximum atomic E-state index is 5.98. The minimum Gasteiger partial charge on any atom is -0.488 e. The van der Waals surface area contributed by atoms with E-state index in [1.165, 1.54) is 18.4 Å². The Labute approximate surface area is 115 Å². The molecule has 2 nitrogen and oxygen atoms in total. The zero-order valence-corrected chi connectivity index (χ0v) is 12.0. The second kappa shape index (κ2) is 6.44. The van der Waals surface area contributed by atoms with Gasteiger partial charge in [-0.3, -0.25) is 0 Å². The quantitative estimate of drug-likeness (QED) is 0.794. The lowest BCUT2D eigenvalue weighted by Crippen LogP contribution is -2.30. The predicted octanol–water partition coefficient (Wildman–Crippen LogP) is 3.67. The van der Waals surface area contributed by atoms with Crippen LogP contribution in [0.25, 0.3) is 0 Å². The molecule has 18 heavy (non-hydrogen) atoms. The average molecular weight is 268 g/mol. The SMILES string of the molecule is CC(C)CCCNCC1Cc2cc(Cl)ccc2O1. The summed E-state index contributed by atoms with van der Waals surface area (Å²) in [7, 11) is 0. The minimum absolute atomic E-state index is 0.262. The lowest BCUT2D eigenvalue weighted by Gasteiger charge is -2.12. The van der Waals surface area contributed by atoms with Crippen LogP contribution < -0.4 is 10.1 Å². The van der Waals surface area contributed by atoms with Gasteiger partial charge in [0.25, 0.3) is 0 Å². The summed E-state index contributed by atoms with van der Waals surface area (Å²) in [6.45, 7) is 6.53. The Hall–Kier alpha value is -0.730. The van der Waals surface area contributed by atoms with E-state index in [2.05, 4.69) is 19.2 Å². The summed E-state index contributed by atoms with van der Waals surface area (Å²) >= 11 is 5.98. The molecule has 1 N–H and O–H groups in total. The number of rotatable bonds is 6. The van der Waals surface area contributed by atoms with Crippen molar-refractivity contribution in [3.05, 3.63) is 28.8 Å². The van der Waals surface area contributed by atoms with Crippen LogP contribution in [0.3, 0.4) is 0 Å². The molecule has 0 fully saturated rings. The van der Waals surface area contributed by atoms with E-state index in [9.17, 15) is 0 Å². The maximum Gasteiger partial charge on any atom is 0.123 e. The van der Waals surface area contributed by atoms with Crippen molar-refractivity contribution in [2.24, 2.45) is 5.92 Å². The van der Waals surface area contributed by atoms with Crippen LogP contribution in [-0.2, 0) is 6.42 Å². The van der Waals surface area contributed by atoms with Crippen molar-refractivity contribution < 1.29 is 4.74 Å². The number of halogens is 1. The highest BCUT2D eigenvalue weighted by molar-refractivity contribution is 6.30. The zero-order valence-electron chi connectivity index (χ0n) is 11.2. The van der Waals surface area contributed by atoms with Gasteiger partial charge in [0, 0.05) is 18.0 Å². The van der Waals surface area contributed by atoms with Gasteiger partial charge in [0.2, 0.25) is 0 Å². The molecule has 1 heterocycles. The van der Waals surface area contributed by atoms with Gasteiger partial charge in [0.1, 0.15) is 11.9 Å². The lowest BCUT2D eigenvalue weighted by molar-refractivity contribution is 0.227. The van der Waals surface area contributed by atoms with Crippen molar-refractivity contribution in [1.82, 2.24) is 5.32 Å². The summed E-state index contributed by atoms with van der Waals surface area (Å²) in [5, 5.41) is 4.27. The molecule has 2 rings (SSSR count). The summed E-state index contributed by atoms with van der Waals surface area (Å²) in [5.74, 6) is 1.79. The molecule has 1 atom stereocenters. The van der Waals surface area contributed by atoms with Crippen molar-refractivity contribution in [2.45, 2.75) is 39.2 Å². The van der Waals surface area contributed by atoms with Gasteiger partial charge in [0.05, 0.1) is 0 Å². The fourth-order valence-corrected chi connectivity index (χ4v) is 2.50. The molecule has 0 aliphatic carbocycles. The van der Waals surface area contributed by atoms with Crippen LogP contribution in [0.1, 0.15) is 32.3 Å². The van der Waals surface area contributed by atoms with E-state index < -0.39 is 0 Å². The van der Waals surface area contributed by atoms with E-state index in [-0.39, 0.29) is 6.10 Å². The predicted molar refractivity (Wildman–Crippen MR) is 76.5 cm³/mol. The lowest BCUT2D eigenvalue weighted by atomic mass is 10.1. The Bertz CT molecular complexity index is 392. The highest BCUT2D eigenvalue weighted by Crippen LogP contribution is 2.30. The molecule has 100 valence electrons. The molecular formula is C15H22ClNO. The third-order valence-corrected chi connectivity index (χ3v) is 3.51. The molecule has 1 aromatic carbocycles. The van der Waals surface area contributed by atoms with E-state index in [0.29, 0.717) is 0 Å². The van der Waals surface area contributed by atoms with Crippen LogP contribution in [0.15, 0.2) is 18.2 Å². The largest absolute Gasteiger partial charge is 0.488 e. The molecule has 0 aromatic heterocycles. The van der Waals surface area contributed by atoms with Crippen LogP contribution in [0, 0.1) is 5.92 Å². The van der Waals surface area contributed by atoms with E-state index in [1.807, 2.05) is 18.2 Å². The van der Waals surface area contributed by atoms with Crippen molar-refractivity contribution in [1.29, 1.82) is 0 Å². The number of nitrogens with one attached hydrogen (secondary N) is 1. The molecule has 0 bridgehead atoms. The van der Waals surface area contributed by atoms with Crippen molar-refractivity contribution in [3.8, 4) is 5.75 Å². The van der Waals surface area contributed by atoms with Gasteiger partial charge in [-0.05, 0) is 49.1 Å². The Morgan fingerprint density at radius 1 is 1.44 bits per heavy atom. The van der Waals surface area contributed by atoms with Gasteiger partial charge in [-0.15, -0.1) is 0 Å². The molecule has 0 radical (unpaired) electrons. The first kappa shape index (κ1) is 13.7. The molecule has 1 aromatic rings. The summed E-state index contributed by atoms with van der Waals surface area (Å²) < 4.78 is 5.87. The van der Waals surface area contributed by atoms with Gasteiger partial charge in [0.15, 0.2) is 0 Å². The van der Waals surface area contributed by atoms with Crippen LogP contribution >= 0.6 is 11.6 Å². The number of ether oxygens (including phenoxy) is 1. The smallest absolute Gasteiger partial charge is 0.123 e. The number of benzene rings is 1. The van der Waals surface area contributed by atoms with E-state index in [0.717, 1.165) is 36.2 Å². The normalized spacial score (nSPS) is 17.9. The highest BCUT2D eigenvalue weighted by atomic mass is 35.5. The Balaban J connectivity index is 1.68. The fraction of sp³-hybridized carbons (Fsp3) is 0.600. The number of fused-ring (bicyclic) bond motifs is 1. The van der Waals surface area contributed by atoms with Gasteiger partial charge >= 0.3 is 0 Å². The highest BCUT2D eigenvalue weighted by Gasteiger charge is 2.22. The van der Waals surface area contributed by atoms with Crippen LogP contribution in [0.5, 0.6) is 5.75 Å². The van der Waals surface area contributed by atoms with Crippen molar-refractivity contribution in [3.63, 3.8) is 0 Å². The van der Waals surface area contributed by atoms with Crippen LogP contribution in [0.4, 0.5) is 0 Å². The first-order valence-electron chi connectivity index (χ1n) is 6.81. The summed E-state index contributed by atoms with van der Waals surface area (Å²) in [5.41, 5.74) is 1.23. The Morgan fingerprint density at radius 2 is 2.28 bits per heavy atom. The zero-order chi connectivity index (χ0) is 13.0. The molecule has 1 aliphatic heterocycles. The minimum atomic E-state index is 0.262. The standard InChI is InChI=1S/C15H22ClNO/c1-11(2)4-3-7-17-10-14-9-12-8-13(16)5-6-15(12)18-14/h5-6,8,11,14,17H,3-4,7,9-10H2,1-2H3. The second-order valence-electron chi connectivity index (χ2n) is 5.44. The van der Waals surface area contributed by atoms with E-state index in [4.69, 9.17) is 16.3 Å². The molecule has 0 amide bonds. The first-order valence-corrected chi connectivity index (χ1v) is 7.18. The maximum absolute atomic E-state index is 5.98. The molecular weight excluding hydrogens is 246 g/mol. The first-order chi connectivity index (χ1) is 8.65. The van der Waals surface area contributed by atoms with Gasteiger partial charge < -0.3 is 10.1 Å². The van der Waals surface area contributed by atoms with Crippen LogP contribution in [-0.4, -0.2) is 19.2 Å². The molecule has 0 spiro atoms. The fourth-order valence-electron chi connectivity index (χ4n) is 2.30. The summed E-state index contributed by atoms with van der Waals surface area (Å²) in [6.07, 6.45) is 3.75. The third kappa shape index (κ3) is 3.89. The van der Waals surface area contributed by atoms with Crippen LogP contribution in [0.2, 0.25) is 5.02 Å². The van der Waals surface area contributed by atoms with Gasteiger partial charge in [-0.1, -0.05) is 25.4 Å². The molecule has 1 aliphatic rings. The topological polar surface area (TPSA) is 21.3 Å². The molecule has 1 unspecified atom stereocenters. The number of hydrogen-bond donors (Lipinski definition) is 1. The summed E-state index contributed by atoms with van der Waals surface area (Å²) in [4.78, 5) is 0. The monoisotopic (exact) mass is 267 g/mol. The average Bonchev–Trinajstić information content (AvgIpc) is 2.70. The third-order valence-electron chi connectivity index (χ3n) is 3.27. The van der Waals surface area contributed by atoms with Gasteiger partial charge in [-0.2, -0.15) is 0 Å². The van der Waals surface area contributed by atoms with Gasteiger partial charge in [-0.25, -0.2) is 0 Å². The van der Waals surface area contributed by atoms with E-state index >= 15 is 0 Å².